The van der Waals surface area contributed by atoms with Gasteiger partial charge in [0.25, 0.3) is 0 Å². The van der Waals surface area contributed by atoms with E-state index in [2.05, 4.69) is 0 Å². The summed E-state index contributed by atoms with van der Waals surface area (Å²) in [5, 5.41) is 0. The van der Waals surface area contributed by atoms with Crippen LogP contribution in [0.15, 0.2) is 12.1 Å². The maximum atomic E-state index is 13.3. The summed E-state index contributed by atoms with van der Waals surface area (Å²) in [5.74, 6) is -2.01. The van der Waals surface area contributed by atoms with Crippen molar-refractivity contribution in [3.8, 4) is 0 Å². The molecule has 0 N–H and O–H groups in total. The van der Waals surface area contributed by atoms with Crippen LogP contribution in [0.25, 0.3) is 0 Å². The lowest BCUT2D eigenvalue weighted by molar-refractivity contribution is 0.0980. The third-order valence-electron chi connectivity index (χ3n) is 2.11. The molecular formula is C11H12F2O. The van der Waals surface area contributed by atoms with Crippen LogP contribution in [0.2, 0.25) is 0 Å². The minimum Gasteiger partial charge on any atom is -0.294 e. The van der Waals surface area contributed by atoms with Crippen LogP contribution in [0, 0.1) is 11.6 Å². The van der Waals surface area contributed by atoms with Crippen molar-refractivity contribution in [2.24, 2.45) is 0 Å². The van der Waals surface area contributed by atoms with Crippen LogP contribution in [-0.4, -0.2) is 5.78 Å². The Morgan fingerprint density at radius 2 is 1.71 bits per heavy atom. The summed E-state index contributed by atoms with van der Waals surface area (Å²) in [6.07, 6.45) is 0.660. The first-order valence-corrected chi connectivity index (χ1v) is 4.61. The number of halogens is 2. The summed E-state index contributed by atoms with van der Waals surface area (Å²) in [7, 11) is 0. The molecule has 0 aromatic heterocycles. The van der Waals surface area contributed by atoms with E-state index in [0.29, 0.717) is 12.0 Å². The number of benzene rings is 1. The molecular weight excluding hydrogens is 186 g/mol. The molecule has 0 aliphatic rings. The third kappa shape index (κ3) is 1.97. The Bertz CT molecular complexity index is 335. The van der Waals surface area contributed by atoms with Gasteiger partial charge < -0.3 is 0 Å². The number of hydrogen-bond acceptors (Lipinski definition) is 1. The van der Waals surface area contributed by atoms with Gasteiger partial charge in [-0.25, -0.2) is 8.78 Å². The van der Waals surface area contributed by atoms with Crippen LogP contribution in [0.4, 0.5) is 8.78 Å². The quantitative estimate of drug-likeness (QED) is 0.682. The van der Waals surface area contributed by atoms with Crippen LogP contribution in [0.1, 0.15) is 36.2 Å². The molecule has 0 saturated carbocycles. The van der Waals surface area contributed by atoms with Crippen molar-refractivity contribution < 1.29 is 13.6 Å². The molecule has 0 radical (unpaired) electrons. The summed E-state index contributed by atoms with van der Waals surface area (Å²) < 4.78 is 26.5. The van der Waals surface area contributed by atoms with Crippen molar-refractivity contribution in [2.75, 3.05) is 0 Å². The van der Waals surface area contributed by atoms with Gasteiger partial charge in [0.1, 0.15) is 11.6 Å². The Morgan fingerprint density at radius 1 is 1.21 bits per heavy atom. The zero-order valence-corrected chi connectivity index (χ0v) is 8.23. The molecule has 0 heterocycles. The van der Waals surface area contributed by atoms with Crippen LogP contribution < -0.4 is 0 Å². The smallest absolute Gasteiger partial charge is 0.168 e. The number of hydrogen-bond donors (Lipinski definition) is 0. The predicted molar refractivity (Wildman–Crippen MR) is 50.4 cm³/mol. The minimum absolute atomic E-state index is 0.110. The molecule has 0 unspecified atom stereocenters. The number of carbonyl (C=O) groups excluding carboxylic acids is 1. The van der Waals surface area contributed by atoms with Crippen molar-refractivity contribution in [3.63, 3.8) is 0 Å². The summed E-state index contributed by atoms with van der Waals surface area (Å²) in [5.41, 5.74) is 0.150. The lowest BCUT2D eigenvalue weighted by Crippen LogP contribution is -2.05. The van der Waals surface area contributed by atoms with Gasteiger partial charge in [0.05, 0.1) is 5.56 Å². The highest BCUT2D eigenvalue weighted by molar-refractivity contribution is 5.96. The highest BCUT2D eigenvalue weighted by Gasteiger charge is 2.16. The second-order valence-electron chi connectivity index (χ2n) is 3.06. The Morgan fingerprint density at radius 3 is 2.07 bits per heavy atom. The molecule has 0 saturated heterocycles. The molecule has 1 aromatic carbocycles. The summed E-state index contributed by atoms with van der Waals surface area (Å²) in [6, 6.07) is 2.43. The monoisotopic (exact) mass is 198 g/mol. The van der Waals surface area contributed by atoms with Crippen LogP contribution >= 0.6 is 0 Å². The van der Waals surface area contributed by atoms with Crippen molar-refractivity contribution in [3.05, 3.63) is 34.9 Å². The second kappa shape index (κ2) is 4.31. The van der Waals surface area contributed by atoms with E-state index in [4.69, 9.17) is 0 Å². The molecule has 1 aromatic rings. The van der Waals surface area contributed by atoms with Crippen LogP contribution in [0.5, 0.6) is 0 Å². The number of Topliss-reactive ketones (excluding diaryl/α,β-unsaturated/α-hetero) is 1. The number of rotatable bonds is 3. The van der Waals surface area contributed by atoms with E-state index in [1.807, 2.05) is 0 Å². The van der Waals surface area contributed by atoms with Gasteiger partial charge in [0.2, 0.25) is 0 Å². The van der Waals surface area contributed by atoms with E-state index in [1.165, 1.54) is 12.1 Å². The Kier molecular flexibility index (Phi) is 3.33. The van der Waals surface area contributed by atoms with Gasteiger partial charge in [0, 0.05) is 6.42 Å². The lowest BCUT2D eigenvalue weighted by Gasteiger charge is -2.04. The van der Waals surface area contributed by atoms with Crippen LogP contribution in [-0.2, 0) is 6.42 Å². The Balaban J connectivity index is 3.25. The van der Waals surface area contributed by atoms with Crippen molar-refractivity contribution in [1.29, 1.82) is 0 Å². The molecule has 0 atom stereocenters. The average Bonchev–Trinajstić information content (AvgIpc) is 2.16. The van der Waals surface area contributed by atoms with Crippen molar-refractivity contribution >= 4 is 5.78 Å². The van der Waals surface area contributed by atoms with Crippen LogP contribution in [0.3, 0.4) is 0 Å². The number of aryl methyl sites for hydroxylation is 1. The molecule has 76 valence electrons. The lowest BCUT2D eigenvalue weighted by atomic mass is 10.0. The predicted octanol–water partition coefficient (Wildman–Crippen LogP) is 3.12. The molecule has 1 rings (SSSR count). The summed E-state index contributed by atoms with van der Waals surface area (Å²) in [4.78, 5) is 11.2. The fourth-order valence-electron chi connectivity index (χ4n) is 1.27. The van der Waals surface area contributed by atoms with E-state index in [-0.39, 0.29) is 6.42 Å². The highest BCUT2D eigenvalue weighted by Crippen LogP contribution is 2.17. The van der Waals surface area contributed by atoms with E-state index in [1.54, 1.807) is 13.8 Å². The maximum Gasteiger partial charge on any atom is 0.168 e. The molecule has 0 fully saturated rings. The van der Waals surface area contributed by atoms with E-state index in [0.717, 1.165) is 0 Å². The zero-order valence-electron chi connectivity index (χ0n) is 8.23. The largest absolute Gasteiger partial charge is 0.294 e. The number of ketones is 1. The van der Waals surface area contributed by atoms with Gasteiger partial charge in [-0.05, 0) is 24.1 Å². The average molecular weight is 198 g/mol. The van der Waals surface area contributed by atoms with Gasteiger partial charge in [-0.3, -0.25) is 4.79 Å². The normalized spacial score (nSPS) is 10.3. The van der Waals surface area contributed by atoms with E-state index in [9.17, 15) is 13.6 Å². The molecule has 0 aliphatic carbocycles. The fourth-order valence-corrected chi connectivity index (χ4v) is 1.27. The Labute approximate surface area is 81.7 Å². The molecule has 0 aliphatic heterocycles. The van der Waals surface area contributed by atoms with Gasteiger partial charge in [-0.15, -0.1) is 0 Å². The Hall–Kier alpha value is -1.25. The maximum absolute atomic E-state index is 13.3. The molecule has 0 amide bonds. The topological polar surface area (TPSA) is 17.1 Å². The van der Waals surface area contributed by atoms with Gasteiger partial charge in [0.15, 0.2) is 5.78 Å². The fraction of sp³-hybridized carbons (Fsp3) is 0.364. The molecule has 1 nitrogen and oxygen atoms in total. The molecule has 0 spiro atoms. The first kappa shape index (κ1) is 10.8. The SMILES string of the molecule is CCC(=O)c1c(F)cc(CC)cc1F. The van der Waals surface area contributed by atoms with Gasteiger partial charge in [-0.2, -0.15) is 0 Å². The molecule has 3 heteroatoms. The van der Waals surface area contributed by atoms with E-state index >= 15 is 0 Å². The van der Waals surface area contributed by atoms with E-state index < -0.39 is 23.0 Å². The zero-order chi connectivity index (χ0) is 10.7. The third-order valence-corrected chi connectivity index (χ3v) is 2.11. The minimum atomic E-state index is -0.756. The van der Waals surface area contributed by atoms with Gasteiger partial charge >= 0.3 is 0 Å². The molecule has 14 heavy (non-hydrogen) atoms. The standard InChI is InChI=1S/C11H12F2O/c1-3-7-5-8(12)11(9(13)6-7)10(14)4-2/h5-6H,3-4H2,1-2H3. The van der Waals surface area contributed by atoms with Crippen molar-refractivity contribution in [1.82, 2.24) is 0 Å². The highest BCUT2D eigenvalue weighted by atomic mass is 19.1. The molecule has 0 bridgehead atoms. The van der Waals surface area contributed by atoms with Crippen molar-refractivity contribution in [2.45, 2.75) is 26.7 Å². The first-order valence-electron chi connectivity index (χ1n) is 4.61. The first-order chi connectivity index (χ1) is 6.60. The number of carbonyl (C=O) groups is 1. The summed E-state index contributed by atoms with van der Waals surface area (Å²) >= 11 is 0. The second-order valence-corrected chi connectivity index (χ2v) is 3.06. The summed E-state index contributed by atoms with van der Waals surface area (Å²) in [6.45, 7) is 3.38. The van der Waals surface area contributed by atoms with Gasteiger partial charge in [-0.1, -0.05) is 13.8 Å².